The highest BCUT2D eigenvalue weighted by atomic mass is 14.8. The molecule has 0 aromatic rings. The molecule has 0 saturated heterocycles. The van der Waals surface area contributed by atoms with Crippen molar-refractivity contribution in [2.75, 3.05) is 13.1 Å². The minimum absolute atomic E-state index is 0.981. The van der Waals surface area contributed by atoms with Crippen LogP contribution in [0.15, 0.2) is 0 Å². The normalized spacial score (nSPS) is 24.3. The first-order valence-electron chi connectivity index (χ1n) is 8.59. The summed E-state index contributed by atoms with van der Waals surface area (Å²) in [5.74, 6) is 2.01. The Bertz CT molecular complexity index is 178. The van der Waals surface area contributed by atoms with E-state index in [1.807, 2.05) is 0 Å². The van der Waals surface area contributed by atoms with E-state index in [1.165, 1.54) is 77.2 Å². The standard InChI is InChI=1S/C17H35N/c1-3-5-6-7-8-9-12-16-13-10-11-14-17(16)15-18-4-2/h16-18H,3-15H2,1-2H3. The van der Waals surface area contributed by atoms with Crippen molar-refractivity contribution in [3.63, 3.8) is 0 Å². The van der Waals surface area contributed by atoms with Gasteiger partial charge in [-0.2, -0.15) is 0 Å². The van der Waals surface area contributed by atoms with Gasteiger partial charge >= 0.3 is 0 Å². The zero-order valence-electron chi connectivity index (χ0n) is 12.8. The lowest BCUT2D eigenvalue weighted by Crippen LogP contribution is -2.30. The van der Waals surface area contributed by atoms with Crippen LogP contribution in [-0.2, 0) is 0 Å². The molecule has 1 fully saturated rings. The van der Waals surface area contributed by atoms with Crippen LogP contribution in [0.2, 0.25) is 0 Å². The van der Waals surface area contributed by atoms with Gasteiger partial charge in [0.05, 0.1) is 0 Å². The fraction of sp³-hybridized carbons (Fsp3) is 1.00. The van der Waals surface area contributed by atoms with Crippen molar-refractivity contribution >= 4 is 0 Å². The second-order valence-electron chi connectivity index (χ2n) is 6.17. The van der Waals surface area contributed by atoms with Crippen LogP contribution >= 0.6 is 0 Å². The fourth-order valence-electron chi connectivity index (χ4n) is 3.45. The maximum atomic E-state index is 3.57. The van der Waals surface area contributed by atoms with E-state index < -0.39 is 0 Å². The maximum absolute atomic E-state index is 3.57. The first-order valence-corrected chi connectivity index (χ1v) is 8.59. The summed E-state index contributed by atoms with van der Waals surface area (Å²) >= 11 is 0. The van der Waals surface area contributed by atoms with Crippen molar-refractivity contribution in [1.82, 2.24) is 5.32 Å². The van der Waals surface area contributed by atoms with Crippen LogP contribution in [0, 0.1) is 11.8 Å². The molecule has 1 aliphatic rings. The van der Waals surface area contributed by atoms with Crippen LogP contribution < -0.4 is 5.32 Å². The molecular formula is C17H35N. The molecule has 1 saturated carbocycles. The van der Waals surface area contributed by atoms with Crippen molar-refractivity contribution in [3.8, 4) is 0 Å². The fourth-order valence-corrected chi connectivity index (χ4v) is 3.45. The third-order valence-electron chi connectivity index (χ3n) is 4.65. The molecule has 2 unspecified atom stereocenters. The van der Waals surface area contributed by atoms with E-state index in [0.717, 1.165) is 18.4 Å². The van der Waals surface area contributed by atoms with Gasteiger partial charge in [-0.25, -0.2) is 0 Å². The monoisotopic (exact) mass is 253 g/mol. The number of rotatable bonds is 10. The highest BCUT2D eigenvalue weighted by molar-refractivity contribution is 4.77. The summed E-state index contributed by atoms with van der Waals surface area (Å²) in [6.45, 7) is 6.94. The van der Waals surface area contributed by atoms with Crippen LogP contribution in [0.3, 0.4) is 0 Å². The lowest BCUT2D eigenvalue weighted by molar-refractivity contribution is 0.213. The molecule has 1 aliphatic carbocycles. The zero-order chi connectivity index (χ0) is 13.1. The summed E-state index contributed by atoms with van der Waals surface area (Å²) < 4.78 is 0. The Kier molecular flexibility index (Phi) is 9.65. The van der Waals surface area contributed by atoms with Gasteiger partial charge in [0.1, 0.15) is 0 Å². The van der Waals surface area contributed by atoms with Gasteiger partial charge in [0.25, 0.3) is 0 Å². The smallest absolute Gasteiger partial charge is 0.00180 e. The van der Waals surface area contributed by atoms with Gasteiger partial charge in [-0.3, -0.25) is 0 Å². The van der Waals surface area contributed by atoms with Crippen LogP contribution in [0.1, 0.15) is 84.5 Å². The molecular weight excluding hydrogens is 218 g/mol. The van der Waals surface area contributed by atoms with E-state index in [2.05, 4.69) is 19.2 Å². The lowest BCUT2D eigenvalue weighted by Gasteiger charge is -2.32. The molecule has 0 aliphatic heterocycles. The Morgan fingerprint density at radius 3 is 2.22 bits per heavy atom. The zero-order valence-corrected chi connectivity index (χ0v) is 12.8. The van der Waals surface area contributed by atoms with Gasteiger partial charge in [0, 0.05) is 0 Å². The molecule has 18 heavy (non-hydrogen) atoms. The van der Waals surface area contributed by atoms with Crippen LogP contribution in [0.5, 0.6) is 0 Å². The molecule has 0 radical (unpaired) electrons. The van der Waals surface area contributed by atoms with E-state index in [4.69, 9.17) is 0 Å². The predicted octanol–water partition coefficient (Wildman–Crippen LogP) is 5.15. The minimum atomic E-state index is 0.981. The van der Waals surface area contributed by atoms with E-state index in [1.54, 1.807) is 0 Å². The van der Waals surface area contributed by atoms with Crippen molar-refractivity contribution in [3.05, 3.63) is 0 Å². The van der Waals surface area contributed by atoms with Crippen molar-refractivity contribution in [1.29, 1.82) is 0 Å². The molecule has 1 N–H and O–H groups in total. The number of hydrogen-bond acceptors (Lipinski definition) is 1. The van der Waals surface area contributed by atoms with Crippen LogP contribution in [0.4, 0.5) is 0 Å². The summed E-state index contributed by atoms with van der Waals surface area (Å²) in [6, 6.07) is 0. The van der Waals surface area contributed by atoms with Gasteiger partial charge in [-0.15, -0.1) is 0 Å². The van der Waals surface area contributed by atoms with Crippen molar-refractivity contribution in [2.45, 2.75) is 84.5 Å². The van der Waals surface area contributed by atoms with E-state index in [9.17, 15) is 0 Å². The number of hydrogen-bond donors (Lipinski definition) is 1. The summed E-state index contributed by atoms with van der Waals surface area (Å²) in [5, 5.41) is 3.57. The molecule has 2 atom stereocenters. The second kappa shape index (κ2) is 10.8. The van der Waals surface area contributed by atoms with Crippen LogP contribution in [-0.4, -0.2) is 13.1 Å². The SMILES string of the molecule is CCCCCCCCC1CCCCC1CNCC. The van der Waals surface area contributed by atoms with Crippen molar-refractivity contribution < 1.29 is 0 Å². The van der Waals surface area contributed by atoms with E-state index >= 15 is 0 Å². The minimum Gasteiger partial charge on any atom is -0.317 e. The molecule has 0 aromatic carbocycles. The molecule has 0 spiro atoms. The van der Waals surface area contributed by atoms with Gasteiger partial charge in [0.15, 0.2) is 0 Å². The van der Waals surface area contributed by atoms with Gasteiger partial charge in [-0.05, 0) is 31.3 Å². The average molecular weight is 253 g/mol. The van der Waals surface area contributed by atoms with E-state index in [-0.39, 0.29) is 0 Å². The second-order valence-corrected chi connectivity index (χ2v) is 6.17. The largest absolute Gasteiger partial charge is 0.317 e. The first-order chi connectivity index (χ1) is 8.88. The van der Waals surface area contributed by atoms with Gasteiger partial charge in [-0.1, -0.05) is 78.1 Å². The Balaban J connectivity index is 2.09. The Hall–Kier alpha value is -0.0400. The molecule has 0 heterocycles. The molecule has 1 rings (SSSR count). The van der Waals surface area contributed by atoms with Crippen LogP contribution in [0.25, 0.3) is 0 Å². The summed E-state index contributed by atoms with van der Waals surface area (Å²) in [7, 11) is 0. The summed E-state index contributed by atoms with van der Waals surface area (Å²) in [5.41, 5.74) is 0. The Labute approximate surface area is 115 Å². The topological polar surface area (TPSA) is 12.0 Å². The lowest BCUT2D eigenvalue weighted by atomic mass is 9.76. The van der Waals surface area contributed by atoms with Crippen molar-refractivity contribution in [2.24, 2.45) is 11.8 Å². The maximum Gasteiger partial charge on any atom is -0.00180 e. The van der Waals surface area contributed by atoms with Gasteiger partial charge in [0.2, 0.25) is 0 Å². The number of unbranched alkanes of at least 4 members (excludes halogenated alkanes) is 5. The summed E-state index contributed by atoms with van der Waals surface area (Å²) in [6.07, 6.45) is 16.1. The summed E-state index contributed by atoms with van der Waals surface area (Å²) in [4.78, 5) is 0. The highest BCUT2D eigenvalue weighted by Crippen LogP contribution is 2.33. The van der Waals surface area contributed by atoms with Gasteiger partial charge < -0.3 is 5.32 Å². The Morgan fingerprint density at radius 2 is 1.50 bits per heavy atom. The molecule has 0 amide bonds. The molecule has 0 bridgehead atoms. The molecule has 108 valence electrons. The molecule has 0 aromatic heterocycles. The van der Waals surface area contributed by atoms with E-state index in [0.29, 0.717) is 0 Å². The third-order valence-corrected chi connectivity index (χ3v) is 4.65. The quantitative estimate of drug-likeness (QED) is 0.531. The highest BCUT2D eigenvalue weighted by Gasteiger charge is 2.23. The molecule has 1 nitrogen and oxygen atoms in total. The Morgan fingerprint density at radius 1 is 0.833 bits per heavy atom. The average Bonchev–Trinajstić information content (AvgIpc) is 2.41. The molecule has 1 heteroatoms. The third kappa shape index (κ3) is 6.78. The number of nitrogens with one attached hydrogen (secondary N) is 1. The first kappa shape index (κ1) is 16.0. The predicted molar refractivity (Wildman–Crippen MR) is 82.0 cm³/mol.